The summed E-state index contributed by atoms with van der Waals surface area (Å²) in [5.41, 5.74) is 0.185. The summed E-state index contributed by atoms with van der Waals surface area (Å²) < 4.78 is 18.3. The van der Waals surface area contributed by atoms with Crippen LogP contribution in [0.5, 0.6) is 5.75 Å². The zero-order valence-corrected chi connectivity index (χ0v) is 10.6. The standard InChI is InChI=1S/C12H13ClFNO3/c1-18-12-5-8(4-9(13)7-2-3-7)11(15(16)17)6-10(12)14/h5-7,9H,2-4H2,1H3. The Morgan fingerprint density at radius 1 is 1.61 bits per heavy atom. The van der Waals surface area contributed by atoms with Gasteiger partial charge in [0.25, 0.3) is 5.69 Å². The van der Waals surface area contributed by atoms with Gasteiger partial charge in [-0.1, -0.05) is 0 Å². The van der Waals surface area contributed by atoms with Crippen LogP contribution in [0.15, 0.2) is 12.1 Å². The van der Waals surface area contributed by atoms with E-state index in [2.05, 4.69) is 0 Å². The number of halogens is 2. The highest BCUT2D eigenvalue weighted by molar-refractivity contribution is 6.21. The van der Waals surface area contributed by atoms with E-state index in [0.29, 0.717) is 17.9 Å². The molecule has 0 radical (unpaired) electrons. The molecule has 4 nitrogen and oxygen atoms in total. The van der Waals surface area contributed by atoms with Crippen molar-refractivity contribution in [2.45, 2.75) is 24.6 Å². The Labute approximate surface area is 109 Å². The van der Waals surface area contributed by atoms with E-state index in [1.165, 1.54) is 13.2 Å². The molecule has 1 unspecified atom stereocenters. The van der Waals surface area contributed by atoms with E-state index in [1.54, 1.807) is 0 Å². The summed E-state index contributed by atoms with van der Waals surface area (Å²) in [5, 5.41) is 10.8. The molecule has 0 aliphatic heterocycles. The zero-order valence-electron chi connectivity index (χ0n) is 9.86. The van der Waals surface area contributed by atoms with Crippen molar-refractivity contribution in [3.05, 3.63) is 33.6 Å². The number of rotatable bonds is 5. The first-order chi connectivity index (χ1) is 8.52. The van der Waals surface area contributed by atoms with Gasteiger partial charge >= 0.3 is 0 Å². The minimum absolute atomic E-state index is 0.00950. The van der Waals surface area contributed by atoms with E-state index in [-0.39, 0.29) is 16.8 Å². The Morgan fingerprint density at radius 2 is 2.28 bits per heavy atom. The second kappa shape index (κ2) is 5.10. The maximum Gasteiger partial charge on any atom is 0.275 e. The molecule has 1 aromatic carbocycles. The fourth-order valence-corrected chi connectivity index (χ4v) is 2.33. The smallest absolute Gasteiger partial charge is 0.275 e. The van der Waals surface area contributed by atoms with Crippen LogP contribution in [0.2, 0.25) is 0 Å². The van der Waals surface area contributed by atoms with Crippen LogP contribution in [-0.4, -0.2) is 17.4 Å². The first kappa shape index (κ1) is 13.1. The summed E-state index contributed by atoms with van der Waals surface area (Å²) >= 11 is 6.17. The Hall–Kier alpha value is -1.36. The predicted octanol–water partition coefficient (Wildman–Crippen LogP) is 3.30. The number of benzene rings is 1. The van der Waals surface area contributed by atoms with Crippen molar-refractivity contribution in [2.24, 2.45) is 5.92 Å². The van der Waals surface area contributed by atoms with Gasteiger partial charge in [-0.2, -0.15) is 0 Å². The summed E-state index contributed by atoms with van der Waals surface area (Å²) in [7, 11) is 1.33. The summed E-state index contributed by atoms with van der Waals surface area (Å²) in [6, 6.07) is 2.26. The Morgan fingerprint density at radius 3 is 2.78 bits per heavy atom. The van der Waals surface area contributed by atoms with E-state index in [1.807, 2.05) is 0 Å². The molecular weight excluding hydrogens is 261 g/mol. The normalized spacial score (nSPS) is 16.4. The van der Waals surface area contributed by atoms with Gasteiger partial charge in [0.1, 0.15) is 0 Å². The van der Waals surface area contributed by atoms with E-state index in [4.69, 9.17) is 16.3 Å². The zero-order chi connectivity index (χ0) is 13.3. The van der Waals surface area contributed by atoms with Crippen LogP contribution >= 0.6 is 11.6 Å². The lowest BCUT2D eigenvalue weighted by atomic mass is 10.0. The van der Waals surface area contributed by atoms with E-state index in [9.17, 15) is 14.5 Å². The number of alkyl halides is 1. The van der Waals surface area contributed by atoms with E-state index in [0.717, 1.165) is 18.9 Å². The highest BCUT2D eigenvalue weighted by atomic mass is 35.5. The van der Waals surface area contributed by atoms with E-state index < -0.39 is 10.7 Å². The van der Waals surface area contributed by atoms with Gasteiger partial charge in [0.2, 0.25) is 0 Å². The van der Waals surface area contributed by atoms with Gasteiger partial charge in [-0.15, -0.1) is 11.6 Å². The molecule has 2 rings (SSSR count). The van der Waals surface area contributed by atoms with Crippen LogP contribution in [-0.2, 0) is 6.42 Å². The molecule has 98 valence electrons. The van der Waals surface area contributed by atoms with Crippen molar-refractivity contribution >= 4 is 17.3 Å². The van der Waals surface area contributed by atoms with Crippen molar-refractivity contribution in [3.63, 3.8) is 0 Å². The Balaban J connectivity index is 2.32. The molecule has 0 bridgehead atoms. The van der Waals surface area contributed by atoms with Crippen molar-refractivity contribution in [1.29, 1.82) is 0 Å². The lowest BCUT2D eigenvalue weighted by Gasteiger charge is -2.10. The molecule has 18 heavy (non-hydrogen) atoms. The Kier molecular flexibility index (Phi) is 3.71. The number of ether oxygens (including phenoxy) is 1. The van der Waals surface area contributed by atoms with Crippen LogP contribution < -0.4 is 4.74 Å². The minimum atomic E-state index is -0.731. The van der Waals surface area contributed by atoms with Gasteiger partial charge in [0, 0.05) is 10.9 Å². The fraction of sp³-hybridized carbons (Fsp3) is 0.500. The third-order valence-corrected chi connectivity index (χ3v) is 3.61. The number of hydrogen-bond donors (Lipinski definition) is 0. The maximum absolute atomic E-state index is 13.4. The predicted molar refractivity (Wildman–Crippen MR) is 65.7 cm³/mol. The van der Waals surface area contributed by atoms with Gasteiger partial charge in [-0.25, -0.2) is 4.39 Å². The van der Waals surface area contributed by atoms with Crippen molar-refractivity contribution < 1.29 is 14.1 Å². The van der Waals surface area contributed by atoms with Crippen LogP contribution in [0.4, 0.5) is 10.1 Å². The summed E-state index contributed by atoms with van der Waals surface area (Å²) in [5.74, 6) is -0.303. The molecular formula is C12H13ClFNO3. The first-order valence-corrected chi connectivity index (χ1v) is 6.11. The monoisotopic (exact) mass is 273 g/mol. The van der Waals surface area contributed by atoms with Crippen molar-refractivity contribution in [3.8, 4) is 5.75 Å². The third kappa shape index (κ3) is 2.72. The van der Waals surface area contributed by atoms with Crippen molar-refractivity contribution in [2.75, 3.05) is 7.11 Å². The van der Waals surface area contributed by atoms with E-state index >= 15 is 0 Å². The lowest BCUT2D eigenvalue weighted by Crippen LogP contribution is -2.08. The van der Waals surface area contributed by atoms with Gasteiger partial charge in [0.05, 0.1) is 18.1 Å². The average molecular weight is 274 g/mol. The Bertz CT molecular complexity index is 477. The number of methoxy groups -OCH3 is 1. The van der Waals surface area contributed by atoms with Crippen LogP contribution in [0.3, 0.4) is 0 Å². The summed E-state index contributed by atoms with van der Waals surface area (Å²) in [6.45, 7) is 0. The molecule has 1 fully saturated rings. The summed E-state index contributed by atoms with van der Waals surface area (Å²) in [6.07, 6.45) is 2.47. The SMILES string of the molecule is COc1cc(CC(Cl)C2CC2)c([N+](=O)[O-])cc1F. The molecule has 1 atom stereocenters. The van der Waals surface area contributed by atoms with Crippen LogP contribution in [0.1, 0.15) is 18.4 Å². The highest BCUT2D eigenvalue weighted by Crippen LogP contribution is 2.39. The molecule has 1 aliphatic carbocycles. The van der Waals surface area contributed by atoms with Gasteiger partial charge < -0.3 is 4.74 Å². The third-order valence-electron chi connectivity index (χ3n) is 3.10. The average Bonchev–Trinajstić information content (AvgIpc) is 3.14. The molecule has 0 amide bonds. The summed E-state index contributed by atoms with van der Waals surface area (Å²) in [4.78, 5) is 10.3. The quantitative estimate of drug-likeness (QED) is 0.470. The van der Waals surface area contributed by atoms with Crippen molar-refractivity contribution in [1.82, 2.24) is 0 Å². The second-order valence-corrected chi connectivity index (χ2v) is 4.99. The fourth-order valence-electron chi connectivity index (χ4n) is 1.91. The van der Waals surface area contributed by atoms with Gasteiger partial charge in [-0.05, 0) is 31.2 Å². The molecule has 0 N–H and O–H groups in total. The largest absolute Gasteiger partial charge is 0.494 e. The number of nitrogens with zero attached hydrogens (tertiary/aromatic N) is 1. The second-order valence-electron chi connectivity index (χ2n) is 4.43. The molecule has 6 heteroatoms. The number of nitro benzene ring substituents is 1. The number of hydrogen-bond acceptors (Lipinski definition) is 3. The minimum Gasteiger partial charge on any atom is -0.494 e. The molecule has 1 saturated carbocycles. The molecule has 0 aromatic heterocycles. The maximum atomic E-state index is 13.4. The lowest BCUT2D eigenvalue weighted by molar-refractivity contribution is -0.385. The first-order valence-electron chi connectivity index (χ1n) is 5.67. The van der Waals surface area contributed by atoms with Gasteiger partial charge in [0.15, 0.2) is 11.6 Å². The molecule has 0 heterocycles. The molecule has 1 aliphatic rings. The van der Waals surface area contributed by atoms with Crippen LogP contribution in [0, 0.1) is 21.8 Å². The number of nitro groups is 1. The molecule has 1 aromatic rings. The molecule has 0 spiro atoms. The molecule has 0 saturated heterocycles. The topological polar surface area (TPSA) is 52.4 Å². The highest BCUT2D eigenvalue weighted by Gasteiger charge is 2.31. The van der Waals surface area contributed by atoms with Crippen LogP contribution in [0.25, 0.3) is 0 Å². The van der Waals surface area contributed by atoms with Gasteiger partial charge in [-0.3, -0.25) is 10.1 Å².